The van der Waals surface area contributed by atoms with Crippen LogP contribution in [-0.4, -0.2) is 50.5 Å². The van der Waals surface area contributed by atoms with Crippen LogP contribution in [0.25, 0.3) is 0 Å². The molecule has 0 aliphatic carbocycles. The van der Waals surface area contributed by atoms with Crippen LogP contribution in [0, 0.1) is 11.7 Å². The minimum absolute atomic E-state index is 0.0250. The normalized spacial score (nSPS) is 12.2. The second-order valence-corrected chi connectivity index (χ2v) is 12.5. The minimum Gasteiger partial charge on any atom is -0.354 e. The van der Waals surface area contributed by atoms with Crippen molar-refractivity contribution in [2.75, 3.05) is 23.7 Å². The van der Waals surface area contributed by atoms with Gasteiger partial charge in [0.1, 0.15) is 18.4 Å². The average Bonchev–Trinajstić information content (AvgIpc) is 2.90. The summed E-state index contributed by atoms with van der Waals surface area (Å²) in [6.45, 7) is 3.59. The summed E-state index contributed by atoms with van der Waals surface area (Å²) >= 11 is 12.5. The molecule has 1 atom stereocenters. The van der Waals surface area contributed by atoms with E-state index in [0.29, 0.717) is 12.1 Å². The predicted octanol–water partition coefficient (Wildman–Crippen LogP) is 5.31. The van der Waals surface area contributed by atoms with Crippen LogP contribution in [0.2, 0.25) is 10.0 Å². The maximum absolute atomic E-state index is 14.0. The summed E-state index contributed by atoms with van der Waals surface area (Å²) in [7, 11) is -4.00. The maximum atomic E-state index is 14.0. The van der Waals surface area contributed by atoms with Crippen LogP contribution in [0.1, 0.15) is 25.0 Å². The third-order valence-electron chi connectivity index (χ3n) is 6.10. The van der Waals surface area contributed by atoms with Gasteiger partial charge in [0.15, 0.2) is 0 Å². The van der Waals surface area contributed by atoms with Gasteiger partial charge in [-0.25, -0.2) is 12.8 Å². The van der Waals surface area contributed by atoms with Crippen molar-refractivity contribution in [2.24, 2.45) is 5.92 Å². The molecule has 1 N–H and O–H groups in total. The quantitative estimate of drug-likeness (QED) is 0.302. The van der Waals surface area contributed by atoms with Crippen LogP contribution in [-0.2, 0) is 32.6 Å². The van der Waals surface area contributed by atoms with Crippen molar-refractivity contribution in [1.29, 1.82) is 0 Å². The molecule has 40 heavy (non-hydrogen) atoms. The summed E-state index contributed by atoms with van der Waals surface area (Å²) in [5.41, 5.74) is 1.41. The highest BCUT2D eigenvalue weighted by Gasteiger charge is 2.33. The summed E-state index contributed by atoms with van der Waals surface area (Å²) in [6.07, 6.45) is 1.13. The average molecular weight is 609 g/mol. The Morgan fingerprint density at radius 2 is 1.57 bits per heavy atom. The number of nitrogens with one attached hydrogen (secondary N) is 1. The molecule has 0 aliphatic heterocycles. The largest absolute Gasteiger partial charge is 0.354 e. The fraction of sp³-hybridized carbons (Fsp3) is 0.310. The van der Waals surface area contributed by atoms with E-state index in [0.717, 1.165) is 16.1 Å². The fourth-order valence-electron chi connectivity index (χ4n) is 4.04. The molecular formula is C29H32Cl2FN3O4S. The van der Waals surface area contributed by atoms with Gasteiger partial charge in [-0.15, -0.1) is 0 Å². The van der Waals surface area contributed by atoms with Gasteiger partial charge in [-0.1, -0.05) is 85.6 Å². The Bertz CT molecular complexity index is 1420. The number of benzene rings is 3. The maximum Gasteiger partial charge on any atom is 0.244 e. The summed E-state index contributed by atoms with van der Waals surface area (Å²) in [4.78, 5) is 28.9. The Kier molecular flexibility index (Phi) is 11.0. The molecule has 0 fully saturated rings. The zero-order valence-corrected chi connectivity index (χ0v) is 24.8. The highest BCUT2D eigenvalue weighted by atomic mass is 35.5. The van der Waals surface area contributed by atoms with Gasteiger partial charge in [0.25, 0.3) is 0 Å². The molecule has 11 heteroatoms. The zero-order valence-electron chi connectivity index (χ0n) is 22.5. The Morgan fingerprint density at radius 3 is 2.17 bits per heavy atom. The van der Waals surface area contributed by atoms with Gasteiger partial charge >= 0.3 is 0 Å². The molecule has 0 spiro atoms. The summed E-state index contributed by atoms with van der Waals surface area (Å²) in [6, 6.07) is 18.2. The zero-order chi connectivity index (χ0) is 29.4. The lowest BCUT2D eigenvalue weighted by Crippen LogP contribution is -2.53. The highest BCUT2D eigenvalue weighted by Crippen LogP contribution is 2.33. The number of halogens is 3. The Balaban J connectivity index is 2.07. The lowest BCUT2D eigenvalue weighted by Gasteiger charge is -2.34. The molecule has 0 saturated heterocycles. The van der Waals surface area contributed by atoms with Crippen LogP contribution in [0.4, 0.5) is 10.1 Å². The van der Waals surface area contributed by atoms with E-state index < -0.39 is 34.3 Å². The predicted molar refractivity (Wildman–Crippen MR) is 157 cm³/mol. The number of carbonyl (C=O) groups is 2. The van der Waals surface area contributed by atoms with Crippen molar-refractivity contribution >= 4 is 50.7 Å². The van der Waals surface area contributed by atoms with E-state index in [4.69, 9.17) is 23.2 Å². The van der Waals surface area contributed by atoms with Crippen molar-refractivity contribution in [2.45, 2.75) is 32.9 Å². The van der Waals surface area contributed by atoms with E-state index in [1.165, 1.54) is 47.4 Å². The number of carbonyl (C=O) groups excluding carboxylic acids is 2. The van der Waals surface area contributed by atoms with Crippen LogP contribution in [0.5, 0.6) is 0 Å². The van der Waals surface area contributed by atoms with Crippen LogP contribution in [0.15, 0.2) is 72.8 Å². The van der Waals surface area contributed by atoms with Crippen molar-refractivity contribution in [3.8, 4) is 0 Å². The molecule has 3 rings (SSSR count). The van der Waals surface area contributed by atoms with Crippen molar-refractivity contribution < 1.29 is 22.4 Å². The third kappa shape index (κ3) is 8.68. The Morgan fingerprint density at radius 1 is 0.925 bits per heavy atom. The van der Waals surface area contributed by atoms with Crippen LogP contribution in [0.3, 0.4) is 0 Å². The minimum atomic E-state index is -4.00. The van der Waals surface area contributed by atoms with Gasteiger partial charge in [0.2, 0.25) is 21.8 Å². The molecule has 7 nitrogen and oxygen atoms in total. The van der Waals surface area contributed by atoms with Crippen LogP contribution < -0.4 is 9.62 Å². The molecule has 0 bridgehead atoms. The fourth-order valence-corrected chi connectivity index (χ4v) is 5.34. The molecule has 0 unspecified atom stereocenters. The van der Waals surface area contributed by atoms with Crippen molar-refractivity contribution in [3.05, 3.63) is 99.8 Å². The summed E-state index contributed by atoms with van der Waals surface area (Å²) in [5.74, 6) is -1.32. The van der Waals surface area contributed by atoms with Crippen molar-refractivity contribution in [1.82, 2.24) is 10.2 Å². The van der Waals surface area contributed by atoms with E-state index >= 15 is 0 Å². The Hall–Kier alpha value is -3.14. The number of sulfonamides is 1. The second-order valence-electron chi connectivity index (χ2n) is 9.84. The smallest absolute Gasteiger partial charge is 0.244 e. The molecule has 0 heterocycles. The molecule has 3 aromatic carbocycles. The van der Waals surface area contributed by atoms with E-state index in [-0.39, 0.29) is 40.5 Å². The van der Waals surface area contributed by atoms with Crippen LogP contribution >= 0.6 is 23.2 Å². The summed E-state index contributed by atoms with van der Waals surface area (Å²) in [5, 5.41) is 3.00. The molecule has 0 aliphatic rings. The van der Waals surface area contributed by atoms with E-state index in [9.17, 15) is 22.4 Å². The topological polar surface area (TPSA) is 86.8 Å². The lowest BCUT2D eigenvalue weighted by molar-refractivity contribution is -0.140. The van der Waals surface area contributed by atoms with Crippen molar-refractivity contribution in [3.63, 3.8) is 0 Å². The van der Waals surface area contributed by atoms with Gasteiger partial charge in [0.05, 0.1) is 22.0 Å². The first kappa shape index (κ1) is 31.4. The van der Waals surface area contributed by atoms with Gasteiger partial charge in [-0.2, -0.15) is 0 Å². The first-order valence-electron chi connectivity index (χ1n) is 12.6. The van der Waals surface area contributed by atoms with E-state index in [2.05, 4.69) is 5.32 Å². The molecule has 3 aromatic rings. The lowest BCUT2D eigenvalue weighted by atomic mass is 10.0. The number of anilines is 1. The number of rotatable bonds is 12. The SMILES string of the molecule is CC(C)CNC(=O)[C@@H](Cc1ccccc1)N(Cc1ccc(F)cc1)C(=O)CN(c1cccc(Cl)c1Cl)S(C)(=O)=O. The number of hydrogen-bond acceptors (Lipinski definition) is 4. The van der Waals surface area contributed by atoms with E-state index in [1.54, 1.807) is 0 Å². The molecular weight excluding hydrogens is 576 g/mol. The molecule has 214 valence electrons. The van der Waals surface area contributed by atoms with Gasteiger partial charge in [0, 0.05) is 19.5 Å². The molecule has 0 aromatic heterocycles. The Labute approximate surface area is 244 Å². The van der Waals surface area contributed by atoms with Gasteiger partial charge in [-0.05, 0) is 41.3 Å². The standard InChI is InChI=1S/C29H32Cl2FN3O4S/c1-20(2)17-33-29(37)26(16-21-8-5-4-6-9-21)34(18-22-12-14-23(32)15-13-22)27(36)19-35(40(3,38)39)25-11-7-10-24(30)28(25)31/h4-15,20,26H,16-19H2,1-3H3,(H,33,37)/t26-/m1/s1. The number of hydrogen-bond donors (Lipinski definition) is 1. The summed E-state index contributed by atoms with van der Waals surface area (Å²) < 4.78 is 40.2. The van der Waals surface area contributed by atoms with E-state index in [1.807, 2.05) is 44.2 Å². The second kappa shape index (κ2) is 14.0. The molecule has 2 amide bonds. The van der Waals surface area contributed by atoms with Gasteiger partial charge in [-0.3, -0.25) is 13.9 Å². The van der Waals surface area contributed by atoms with Gasteiger partial charge < -0.3 is 10.2 Å². The molecule has 0 radical (unpaired) electrons. The number of nitrogens with zero attached hydrogens (tertiary/aromatic N) is 2. The first-order chi connectivity index (χ1) is 18.9. The third-order valence-corrected chi connectivity index (χ3v) is 8.04. The number of amides is 2. The highest BCUT2D eigenvalue weighted by molar-refractivity contribution is 7.92. The molecule has 0 saturated carbocycles. The monoisotopic (exact) mass is 607 g/mol. The first-order valence-corrected chi connectivity index (χ1v) is 15.2.